The van der Waals surface area contributed by atoms with Gasteiger partial charge in [0, 0.05) is 0 Å². The summed E-state index contributed by atoms with van der Waals surface area (Å²) in [5.41, 5.74) is 0. The number of unbranched alkanes of at least 4 members (excludes halogenated alkanes) is 25. The summed E-state index contributed by atoms with van der Waals surface area (Å²) in [6, 6.07) is 0. The highest BCUT2D eigenvalue weighted by Crippen LogP contribution is 2.24. The minimum Gasteiger partial charge on any atom is -0.790 e. The number of quaternary nitrogens is 2. The number of hydrogen-bond acceptors (Lipinski definition) is 4. The molecule has 0 aliphatic carbocycles. The topological polar surface area (TPSA) is 72.4 Å². The lowest BCUT2D eigenvalue weighted by Gasteiger charge is -2.28. The molecule has 0 atom stereocenters. The molecule has 0 aromatic heterocycles. The fourth-order valence-electron chi connectivity index (χ4n) is 5.56. The molecule has 0 unspecified atom stereocenters. The van der Waals surface area contributed by atoms with Crippen LogP contribution < -0.4 is 9.79 Å². The molecule has 0 bridgehead atoms. The molecule has 0 saturated heterocycles. The van der Waals surface area contributed by atoms with Crippen LogP contribution in [-0.4, -0.2) is 70.9 Å². The fourth-order valence-corrected chi connectivity index (χ4v) is 5.91. The van der Waals surface area contributed by atoms with Crippen LogP contribution in [0.25, 0.3) is 0 Å². The highest BCUT2D eigenvalue weighted by Gasteiger charge is 2.05. The van der Waals surface area contributed by atoms with E-state index >= 15 is 0 Å². The highest BCUT2D eigenvalue weighted by molar-refractivity contribution is 7.43. The third kappa shape index (κ3) is 61.7. The predicted molar refractivity (Wildman–Crippen MR) is 206 cm³/mol. The molecule has 0 spiro atoms. The smallest absolute Gasteiger partial charge is 0.0780 e. The van der Waals surface area contributed by atoms with Gasteiger partial charge >= 0.3 is 0 Å². The fraction of sp³-hybridized carbons (Fsp3) is 1.00. The van der Waals surface area contributed by atoms with Crippen LogP contribution in [0, 0.1) is 0 Å². The molecule has 0 amide bonds. The lowest BCUT2D eigenvalue weighted by atomic mass is 10.0. The maximum Gasteiger partial charge on any atom is 0.0780 e. The Labute approximate surface area is 297 Å². The normalized spacial score (nSPS) is 12.0. The number of phosphoric acid groups is 1. The molecule has 0 heterocycles. The Morgan fingerprint density at radius 3 is 0.809 bits per heavy atom. The Kier molecular flexibility index (Phi) is 40.8. The van der Waals surface area contributed by atoms with Gasteiger partial charge in [0.2, 0.25) is 0 Å². The Bertz CT molecular complexity index is 603. The van der Waals surface area contributed by atoms with Crippen molar-refractivity contribution in [3.05, 3.63) is 0 Å². The Morgan fingerprint density at radius 1 is 0.383 bits per heavy atom. The van der Waals surface area contributed by atoms with Crippen LogP contribution in [0.15, 0.2) is 0 Å². The highest BCUT2D eigenvalue weighted by atomic mass is 31.2. The molecule has 288 valence electrons. The van der Waals surface area contributed by atoms with Crippen molar-refractivity contribution < 1.29 is 27.8 Å². The van der Waals surface area contributed by atoms with E-state index in [1.54, 1.807) is 0 Å². The SMILES string of the molecule is CCCCCCCCCCCCCCCCCCOP(=O)([O-])[O-].CCCCCCCC[N+](C)(C)C.CCCCCCCC[N+](C)(C)C. The third-order valence-corrected chi connectivity index (χ3v) is 9.11. The minimum atomic E-state index is -4.76. The maximum atomic E-state index is 10.2. The largest absolute Gasteiger partial charge is 0.790 e. The van der Waals surface area contributed by atoms with E-state index in [0.717, 1.165) is 21.8 Å². The first-order valence-electron chi connectivity index (χ1n) is 20.5. The molecule has 0 fully saturated rings. The zero-order chi connectivity index (χ0) is 36.1. The van der Waals surface area contributed by atoms with Gasteiger partial charge < -0.3 is 27.8 Å². The Morgan fingerprint density at radius 2 is 0.596 bits per heavy atom. The van der Waals surface area contributed by atoms with Gasteiger partial charge in [-0.2, -0.15) is 0 Å². The van der Waals surface area contributed by atoms with Crippen molar-refractivity contribution in [2.45, 2.75) is 201 Å². The van der Waals surface area contributed by atoms with E-state index in [4.69, 9.17) is 0 Å². The molecular weight excluding hydrogens is 603 g/mol. The third-order valence-electron chi connectivity index (χ3n) is 8.61. The van der Waals surface area contributed by atoms with Gasteiger partial charge in [-0.05, 0) is 32.1 Å². The van der Waals surface area contributed by atoms with Crippen LogP contribution >= 0.6 is 7.82 Å². The van der Waals surface area contributed by atoms with Crippen molar-refractivity contribution in [3.63, 3.8) is 0 Å². The van der Waals surface area contributed by atoms with Crippen molar-refractivity contribution in [1.82, 2.24) is 0 Å². The van der Waals surface area contributed by atoms with Gasteiger partial charge in [-0.25, -0.2) is 0 Å². The van der Waals surface area contributed by atoms with E-state index in [0.29, 0.717) is 6.42 Å². The van der Waals surface area contributed by atoms with E-state index in [2.05, 4.69) is 67.6 Å². The molecule has 0 radical (unpaired) electrons. The van der Waals surface area contributed by atoms with Crippen molar-refractivity contribution >= 4 is 7.82 Å². The standard InChI is InChI=1S/C18H39O4P.2C11H26N/c1-2-3-4-5-6-7-8-9-10-11-12-13-14-15-16-17-18-22-23(19,20)21;2*1-5-6-7-8-9-10-11-12(2,3)4/h2-18H2,1H3,(H2,19,20,21);2*5-11H2,1-4H3/q;2*+1/p-2. The maximum absolute atomic E-state index is 10.2. The summed E-state index contributed by atoms with van der Waals surface area (Å²) in [4.78, 5) is 20.5. The first-order chi connectivity index (χ1) is 22.2. The summed E-state index contributed by atoms with van der Waals surface area (Å²) in [5, 5.41) is 0. The van der Waals surface area contributed by atoms with Gasteiger partial charge in [0.25, 0.3) is 0 Å². The van der Waals surface area contributed by atoms with Gasteiger partial charge in [-0.15, -0.1) is 0 Å². The molecule has 0 aliphatic rings. The van der Waals surface area contributed by atoms with Crippen molar-refractivity contribution in [2.24, 2.45) is 0 Å². The summed E-state index contributed by atoms with van der Waals surface area (Å²) in [5.74, 6) is 0. The Hall–Kier alpha value is 0.0300. The van der Waals surface area contributed by atoms with Crippen LogP contribution in [0.3, 0.4) is 0 Å². The molecule has 0 rings (SSSR count). The first kappa shape index (κ1) is 51.4. The van der Waals surface area contributed by atoms with Crippen molar-refractivity contribution in [2.75, 3.05) is 62.0 Å². The number of phosphoric ester groups is 1. The monoisotopic (exact) mass is 693 g/mol. The lowest BCUT2D eigenvalue weighted by Crippen LogP contribution is -2.35. The second kappa shape index (κ2) is 37.3. The number of hydrogen-bond donors (Lipinski definition) is 0. The summed E-state index contributed by atoms with van der Waals surface area (Å²) in [7, 11) is 8.86. The molecule has 7 heteroatoms. The Balaban J connectivity index is -0.000000680. The molecule has 0 N–H and O–H groups in total. The van der Waals surface area contributed by atoms with E-state index in [1.807, 2.05) is 0 Å². The van der Waals surface area contributed by atoms with Gasteiger partial charge in [-0.3, -0.25) is 0 Å². The summed E-state index contributed by atoms with van der Waals surface area (Å²) < 4.78 is 16.7. The van der Waals surface area contributed by atoms with E-state index < -0.39 is 7.82 Å². The van der Waals surface area contributed by atoms with Gasteiger partial charge in [0.1, 0.15) is 0 Å². The molecular formula is C40H89N2O4P. The zero-order valence-electron chi connectivity index (χ0n) is 33.9. The predicted octanol–water partition coefficient (Wildman–Crippen LogP) is 11.2. The second-order valence-corrected chi connectivity index (χ2v) is 17.3. The molecule has 0 saturated carbocycles. The summed E-state index contributed by atoms with van der Waals surface area (Å²) in [6.07, 6.45) is 37.3. The average molecular weight is 693 g/mol. The molecule has 47 heavy (non-hydrogen) atoms. The number of nitrogens with zero attached hydrogens (tertiary/aromatic N) is 2. The van der Waals surface area contributed by atoms with Gasteiger partial charge in [0.15, 0.2) is 0 Å². The van der Waals surface area contributed by atoms with Crippen LogP contribution in [0.2, 0.25) is 0 Å². The van der Waals surface area contributed by atoms with Crippen LogP contribution in [-0.2, 0) is 9.09 Å². The van der Waals surface area contributed by atoms with Gasteiger partial charge in [0.05, 0.1) is 69.8 Å². The average Bonchev–Trinajstić information content (AvgIpc) is 2.97. The van der Waals surface area contributed by atoms with Gasteiger partial charge in [-0.1, -0.05) is 168 Å². The lowest BCUT2D eigenvalue weighted by molar-refractivity contribution is -0.870. The van der Waals surface area contributed by atoms with E-state index in [9.17, 15) is 14.4 Å². The summed E-state index contributed by atoms with van der Waals surface area (Å²) in [6.45, 7) is 9.50. The zero-order valence-corrected chi connectivity index (χ0v) is 34.8. The quantitative estimate of drug-likeness (QED) is 0.0400. The van der Waals surface area contributed by atoms with Crippen molar-refractivity contribution in [3.8, 4) is 0 Å². The van der Waals surface area contributed by atoms with E-state index in [1.165, 1.54) is 174 Å². The summed E-state index contributed by atoms with van der Waals surface area (Å²) >= 11 is 0. The van der Waals surface area contributed by atoms with E-state index in [-0.39, 0.29) is 6.61 Å². The minimum absolute atomic E-state index is 0.0444. The van der Waals surface area contributed by atoms with Crippen LogP contribution in [0.4, 0.5) is 0 Å². The molecule has 0 aromatic carbocycles. The molecule has 0 aliphatic heterocycles. The van der Waals surface area contributed by atoms with Crippen molar-refractivity contribution in [1.29, 1.82) is 0 Å². The first-order valence-corrected chi connectivity index (χ1v) is 21.9. The second-order valence-electron chi connectivity index (χ2n) is 16.1. The molecule has 0 aromatic rings. The van der Waals surface area contributed by atoms with Crippen LogP contribution in [0.1, 0.15) is 201 Å². The number of rotatable bonds is 32. The van der Waals surface area contributed by atoms with Crippen LogP contribution in [0.5, 0.6) is 0 Å². The molecule has 6 nitrogen and oxygen atoms in total.